The average Bonchev–Trinajstić information content (AvgIpc) is 3.70. The Kier molecular flexibility index (Phi) is 12.4. The molecule has 1 aromatic carbocycles. The second-order valence-corrected chi connectivity index (χ2v) is 10.7. The van der Waals surface area contributed by atoms with Gasteiger partial charge in [-0.05, 0) is 55.7 Å². The van der Waals surface area contributed by atoms with E-state index in [1.807, 2.05) is 11.8 Å². The van der Waals surface area contributed by atoms with Crippen molar-refractivity contribution >= 4 is 17.7 Å². The number of carbonyl (C=O) groups excluding carboxylic acids is 3. The summed E-state index contributed by atoms with van der Waals surface area (Å²) in [6.07, 6.45) is 6.42. The molecule has 1 aliphatic carbocycles. The number of nitrogens with zero attached hydrogens (tertiary/aromatic N) is 1. The van der Waals surface area contributed by atoms with Gasteiger partial charge in [-0.15, -0.1) is 0 Å². The van der Waals surface area contributed by atoms with E-state index in [1.54, 1.807) is 24.3 Å². The molecule has 4 N–H and O–H groups in total. The lowest BCUT2D eigenvalue weighted by Gasteiger charge is -2.27. The summed E-state index contributed by atoms with van der Waals surface area (Å²) in [5, 5.41) is 6.16. The second-order valence-electron chi connectivity index (χ2n) is 10.7. The van der Waals surface area contributed by atoms with Gasteiger partial charge in [0.1, 0.15) is 0 Å². The molecule has 0 saturated heterocycles. The minimum absolute atomic E-state index is 0.0113. The van der Waals surface area contributed by atoms with Gasteiger partial charge in [0.2, 0.25) is 5.91 Å². The molecule has 0 aliphatic heterocycles. The number of nitrogens with one attached hydrogen (secondary N) is 2. The molecule has 1 saturated carbocycles. The predicted molar refractivity (Wildman–Crippen MR) is 146 cm³/mol. The normalized spacial score (nSPS) is 16.5. The maximum Gasteiger partial charge on any atom is 0.253 e. The molecule has 4 atom stereocenters. The molecule has 1 aliphatic rings. The first-order chi connectivity index (χ1) is 17.2. The maximum absolute atomic E-state index is 13.2. The SMILES string of the molecule is CCCN(CCC)C(=O)c1cccc(C(=O)N[C@@H](CC2CC2)[C@@H](N)C[C@@H](C)C(=O)NC[C@@H](C)CC)c1. The highest BCUT2D eigenvalue weighted by Crippen LogP contribution is 2.34. The third kappa shape index (κ3) is 9.57. The lowest BCUT2D eigenvalue weighted by atomic mass is 9.92. The average molecular weight is 501 g/mol. The summed E-state index contributed by atoms with van der Waals surface area (Å²) in [6.45, 7) is 12.3. The van der Waals surface area contributed by atoms with Crippen LogP contribution < -0.4 is 16.4 Å². The Labute approximate surface area is 218 Å². The molecule has 0 unspecified atom stereocenters. The van der Waals surface area contributed by atoms with Gasteiger partial charge in [-0.1, -0.05) is 59.9 Å². The van der Waals surface area contributed by atoms with E-state index in [0.29, 0.717) is 49.0 Å². The number of rotatable bonds is 16. The van der Waals surface area contributed by atoms with Crippen molar-refractivity contribution in [1.29, 1.82) is 0 Å². The van der Waals surface area contributed by atoms with Crippen molar-refractivity contribution in [3.8, 4) is 0 Å². The van der Waals surface area contributed by atoms with Crippen molar-refractivity contribution in [2.45, 2.75) is 91.6 Å². The monoisotopic (exact) mass is 500 g/mol. The smallest absolute Gasteiger partial charge is 0.253 e. The van der Waals surface area contributed by atoms with E-state index >= 15 is 0 Å². The lowest BCUT2D eigenvalue weighted by molar-refractivity contribution is -0.125. The molecule has 3 amide bonds. The van der Waals surface area contributed by atoms with Gasteiger partial charge >= 0.3 is 0 Å². The van der Waals surface area contributed by atoms with E-state index in [-0.39, 0.29) is 35.7 Å². The number of hydrogen-bond donors (Lipinski definition) is 3. The molecular formula is C29H48N4O3. The first-order valence-corrected chi connectivity index (χ1v) is 13.9. The van der Waals surface area contributed by atoms with Gasteiger partial charge < -0.3 is 21.3 Å². The van der Waals surface area contributed by atoms with Crippen molar-refractivity contribution in [2.24, 2.45) is 23.5 Å². The van der Waals surface area contributed by atoms with E-state index in [0.717, 1.165) is 38.5 Å². The molecule has 0 heterocycles. The predicted octanol–water partition coefficient (Wildman–Crippen LogP) is 4.36. The Bertz CT molecular complexity index is 849. The van der Waals surface area contributed by atoms with Crippen LogP contribution in [0.5, 0.6) is 0 Å². The molecule has 36 heavy (non-hydrogen) atoms. The van der Waals surface area contributed by atoms with Gasteiger partial charge in [-0.2, -0.15) is 0 Å². The summed E-state index contributed by atoms with van der Waals surface area (Å²) in [5.41, 5.74) is 7.56. The fourth-order valence-corrected chi connectivity index (χ4v) is 4.41. The van der Waals surface area contributed by atoms with E-state index < -0.39 is 0 Å². The molecule has 202 valence electrons. The van der Waals surface area contributed by atoms with Crippen LogP contribution >= 0.6 is 0 Å². The van der Waals surface area contributed by atoms with Crippen LogP contribution in [-0.4, -0.2) is 54.3 Å². The molecular weight excluding hydrogens is 452 g/mol. The Morgan fingerprint density at radius 3 is 2.28 bits per heavy atom. The zero-order valence-corrected chi connectivity index (χ0v) is 23.0. The first kappa shape index (κ1) is 29.8. The fourth-order valence-electron chi connectivity index (χ4n) is 4.41. The highest BCUT2D eigenvalue weighted by atomic mass is 16.2. The van der Waals surface area contributed by atoms with Gasteiger partial charge in [-0.3, -0.25) is 14.4 Å². The maximum atomic E-state index is 13.2. The summed E-state index contributed by atoms with van der Waals surface area (Å²) in [5.74, 6) is 0.522. The van der Waals surface area contributed by atoms with Crippen LogP contribution in [0.3, 0.4) is 0 Å². The minimum atomic E-state index is -0.326. The second kappa shape index (κ2) is 15.0. The molecule has 1 aromatic rings. The molecule has 0 aromatic heterocycles. The highest BCUT2D eigenvalue weighted by molar-refractivity contribution is 5.99. The topological polar surface area (TPSA) is 105 Å². The third-order valence-corrected chi connectivity index (χ3v) is 7.16. The number of amides is 3. The van der Waals surface area contributed by atoms with Crippen LogP contribution in [0.15, 0.2) is 24.3 Å². The van der Waals surface area contributed by atoms with Crippen LogP contribution in [0.2, 0.25) is 0 Å². The summed E-state index contributed by atoms with van der Waals surface area (Å²) in [6, 6.07) is 6.41. The Hall–Kier alpha value is -2.41. The number of hydrogen-bond acceptors (Lipinski definition) is 4. The van der Waals surface area contributed by atoms with E-state index in [2.05, 4.69) is 38.3 Å². The van der Waals surface area contributed by atoms with Crippen LogP contribution in [0.1, 0.15) is 100 Å². The first-order valence-electron chi connectivity index (χ1n) is 13.9. The zero-order chi connectivity index (χ0) is 26.7. The van der Waals surface area contributed by atoms with E-state index in [4.69, 9.17) is 5.73 Å². The fraction of sp³-hybridized carbons (Fsp3) is 0.690. The lowest BCUT2D eigenvalue weighted by Crippen LogP contribution is -2.49. The van der Waals surface area contributed by atoms with Gasteiger partial charge in [-0.25, -0.2) is 0 Å². The number of carbonyl (C=O) groups is 3. The standard InChI is InChI=1S/C29H48N4O3/c1-6-14-33(15-7-2)29(36)24-11-9-10-23(18-24)28(35)32-26(17-22-12-13-22)25(30)16-21(5)27(34)31-19-20(4)8-3/h9-11,18,20-22,25-26H,6-8,12-17,19,30H2,1-5H3,(H,31,34)(H,32,35)/t20-,21+,25-,26-/m0/s1. The van der Waals surface area contributed by atoms with Crippen molar-refractivity contribution in [3.05, 3.63) is 35.4 Å². The van der Waals surface area contributed by atoms with E-state index in [1.165, 1.54) is 0 Å². The summed E-state index contributed by atoms with van der Waals surface area (Å²) >= 11 is 0. The van der Waals surface area contributed by atoms with Crippen LogP contribution in [0.25, 0.3) is 0 Å². The molecule has 1 fully saturated rings. The Morgan fingerprint density at radius 1 is 1.06 bits per heavy atom. The molecule has 7 nitrogen and oxygen atoms in total. The van der Waals surface area contributed by atoms with Gasteiger partial charge in [0.25, 0.3) is 11.8 Å². The summed E-state index contributed by atoms with van der Waals surface area (Å²) in [7, 11) is 0. The third-order valence-electron chi connectivity index (χ3n) is 7.16. The summed E-state index contributed by atoms with van der Waals surface area (Å²) in [4.78, 5) is 40.6. The van der Waals surface area contributed by atoms with Crippen molar-refractivity contribution < 1.29 is 14.4 Å². The van der Waals surface area contributed by atoms with Gasteiger partial charge in [0.05, 0.1) is 0 Å². The molecule has 7 heteroatoms. The molecule has 2 rings (SSSR count). The Morgan fingerprint density at radius 2 is 1.69 bits per heavy atom. The number of benzene rings is 1. The highest BCUT2D eigenvalue weighted by Gasteiger charge is 2.31. The molecule has 0 radical (unpaired) electrons. The van der Waals surface area contributed by atoms with Gasteiger partial charge in [0.15, 0.2) is 0 Å². The minimum Gasteiger partial charge on any atom is -0.356 e. The number of nitrogens with two attached hydrogens (primary N) is 1. The van der Waals surface area contributed by atoms with Gasteiger partial charge in [0, 0.05) is 48.8 Å². The van der Waals surface area contributed by atoms with Crippen LogP contribution in [-0.2, 0) is 4.79 Å². The van der Waals surface area contributed by atoms with Crippen molar-refractivity contribution in [3.63, 3.8) is 0 Å². The molecule has 0 bridgehead atoms. The van der Waals surface area contributed by atoms with E-state index in [9.17, 15) is 14.4 Å². The molecule has 0 spiro atoms. The Balaban J connectivity index is 2.05. The van der Waals surface area contributed by atoms with Crippen molar-refractivity contribution in [2.75, 3.05) is 19.6 Å². The zero-order valence-electron chi connectivity index (χ0n) is 23.0. The quantitative estimate of drug-likeness (QED) is 0.314. The largest absolute Gasteiger partial charge is 0.356 e. The van der Waals surface area contributed by atoms with Crippen LogP contribution in [0, 0.1) is 17.8 Å². The van der Waals surface area contributed by atoms with Crippen molar-refractivity contribution in [1.82, 2.24) is 15.5 Å². The summed E-state index contributed by atoms with van der Waals surface area (Å²) < 4.78 is 0. The van der Waals surface area contributed by atoms with Crippen LogP contribution in [0.4, 0.5) is 0 Å².